The van der Waals surface area contributed by atoms with Crippen LogP contribution in [-0.2, 0) is 47.7 Å². The normalized spacial score (nSPS) is 23.2. The van der Waals surface area contributed by atoms with Crippen molar-refractivity contribution in [2.45, 2.75) is 218 Å². The standard InChI is InChI=1S/C64H98N8O12S2/c1-41(69(13)59(79)83-61(3,4)5)53(73)65-45-31-35-85-49-37-63(9,10)51(71(49)57(45)77)55(75)67-47(43-27-21-19-22-28-43)39-81-33-25-17-15-16-18-26-34-82-40-48(44-29-23-20-24-30-44)68-56(76)52-64(11,12)38-50-72(52)58(78)46(32-36-86-50)66-54(74)42(2)70(14)60(80)84-62(6,7)8/h19-24,27-30,41-42,45-52H,15-18,25-26,31-40H2,1-14H3,(H,65,73)(H,66,74)(H,67,75)(H,68,76)/t41-,42-,45-,46-,47+,48+,49-,50-,51+,52?/m0/s1. The van der Waals surface area contributed by atoms with Gasteiger partial charge in [-0.1, -0.05) is 114 Å². The van der Waals surface area contributed by atoms with Crippen LogP contribution in [0, 0.1) is 10.8 Å². The number of benzene rings is 2. The van der Waals surface area contributed by atoms with E-state index >= 15 is 0 Å². The minimum Gasteiger partial charge on any atom is -0.444 e. The van der Waals surface area contributed by atoms with Gasteiger partial charge in [0.25, 0.3) is 0 Å². The van der Waals surface area contributed by atoms with E-state index in [1.54, 1.807) is 88.7 Å². The second-order valence-corrected chi connectivity index (χ2v) is 29.4. The Morgan fingerprint density at radius 3 is 1.24 bits per heavy atom. The maximum absolute atomic E-state index is 14.6. The summed E-state index contributed by atoms with van der Waals surface area (Å²) in [5, 5.41) is 11.8. The lowest BCUT2D eigenvalue weighted by molar-refractivity contribution is -0.144. The molecular formula is C64H98N8O12S2. The molecule has 22 heteroatoms. The molecule has 4 aliphatic heterocycles. The Morgan fingerprint density at radius 2 is 0.907 bits per heavy atom. The van der Waals surface area contributed by atoms with Crippen molar-refractivity contribution in [2.24, 2.45) is 10.8 Å². The molecule has 478 valence electrons. The number of carbonyl (C=O) groups excluding carboxylic acids is 8. The van der Waals surface area contributed by atoms with Crippen molar-refractivity contribution in [3.05, 3.63) is 71.8 Å². The van der Waals surface area contributed by atoms with E-state index in [1.807, 2.05) is 88.4 Å². The van der Waals surface area contributed by atoms with Crippen LogP contribution >= 0.6 is 23.5 Å². The summed E-state index contributed by atoms with van der Waals surface area (Å²) in [6, 6.07) is 13.2. The summed E-state index contributed by atoms with van der Waals surface area (Å²) >= 11 is 3.23. The molecule has 4 aliphatic rings. The van der Waals surface area contributed by atoms with Gasteiger partial charge in [0.15, 0.2) is 0 Å². The number of amides is 8. The van der Waals surface area contributed by atoms with Crippen molar-refractivity contribution in [1.82, 2.24) is 40.9 Å². The number of ether oxygens (including phenoxy) is 4. The third kappa shape index (κ3) is 19.0. The number of fused-ring (bicyclic) bond motifs is 2. The van der Waals surface area contributed by atoms with Crippen LogP contribution in [0.25, 0.3) is 0 Å². The Bertz CT molecular complexity index is 2460. The van der Waals surface area contributed by atoms with Gasteiger partial charge < -0.3 is 50.0 Å². The van der Waals surface area contributed by atoms with Crippen LogP contribution in [0.1, 0.15) is 171 Å². The zero-order chi connectivity index (χ0) is 63.3. The Labute approximate surface area is 519 Å². The second kappa shape index (κ2) is 30.6. The lowest BCUT2D eigenvalue weighted by atomic mass is 9.83. The number of thioether (sulfide) groups is 2. The predicted octanol–water partition coefficient (Wildman–Crippen LogP) is 8.74. The molecule has 6 rings (SSSR count). The largest absolute Gasteiger partial charge is 0.444 e. The molecule has 86 heavy (non-hydrogen) atoms. The fourth-order valence-corrected chi connectivity index (χ4v) is 14.6. The van der Waals surface area contributed by atoms with E-state index in [1.165, 1.54) is 23.9 Å². The van der Waals surface area contributed by atoms with Gasteiger partial charge in [-0.05, 0) is 127 Å². The van der Waals surface area contributed by atoms with E-state index < -0.39 is 94.4 Å². The molecule has 10 atom stereocenters. The average Bonchev–Trinajstić information content (AvgIpc) is 1.63. The van der Waals surface area contributed by atoms with Crippen LogP contribution in [-0.4, -0.2) is 177 Å². The Hall–Kier alpha value is -5.58. The molecule has 0 saturated carbocycles. The molecule has 2 aromatic rings. The first-order valence-electron chi connectivity index (χ1n) is 30.7. The van der Waals surface area contributed by atoms with E-state index in [4.69, 9.17) is 18.9 Å². The topological polar surface area (TPSA) is 235 Å². The zero-order valence-corrected chi connectivity index (χ0v) is 55.0. The molecule has 4 heterocycles. The molecule has 4 fully saturated rings. The van der Waals surface area contributed by atoms with Crippen molar-refractivity contribution in [2.75, 3.05) is 52.0 Å². The van der Waals surface area contributed by atoms with Gasteiger partial charge in [0, 0.05) is 27.3 Å². The van der Waals surface area contributed by atoms with Gasteiger partial charge in [-0.3, -0.25) is 38.6 Å². The second-order valence-electron chi connectivity index (χ2n) is 26.8. The summed E-state index contributed by atoms with van der Waals surface area (Å²) in [4.78, 5) is 116. The highest BCUT2D eigenvalue weighted by Crippen LogP contribution is 2.48. The molecule has 4 saturated heterocycles. The number of hydrogen-bond acceptors (Lipinski definition) is 14. The number of rotatable bonds is 25. The number of unbranched alkanes of at least 4 members (excludes halogenated alkanes) is 5. The molecule has 0 aliphatic carbocycles. The number of likely N-dealkylation sites (N-methyl/N-ethyl adjacent to an activating group) is 2. The molecule has 20 nitrogen and oxygen atoms in total. The lowest BCUT2D eigenvalue weighted by Gasteiger charge is -2.35. The minimum atomic E-state index is -0.908. The van der Waals surface area contributed by atoms with Gasteiger partial charge in [0.2, 0.25) is 35.4 Å². The predicted molar refractivity (Wildman–Crippen MR) is 335 cm³/mol. The van der Waals surface area contributed by atoms with Gasteiger partial charge in [-0.25, -0.2) is 9.59 Å². The lowest BCUT2D eigenvalue weighted by Crippen LogP contribution is -2.58. The van der Waals surface area contributed by atoms with Gasteiger partial charge >= 0.3 is 12.2 Å². The first kappa shape index (κ1) is 69.5. The van der Waals surface area contributed by atoms with Crippen LogP contribution in [0.2, 0.25) is 0 Å². The highest BCUT2D eigenvalue weighted by Gasteiger charge is 2.56. The van der Waals surface area contributed by atoms with E-state index in [9.17, 15) is 38.4 Å². The fourth-order valence-electron chi connectivity index (χ4n) is 11.5. The quantitative estimate of drug-likeness (QED) is 0.0681. The summed E-state index contributed by atoms with van der Waals surface area (Å²) in [6.07, 6.45) is 6.27. The van der Waals surface area contributed by atoms with E-state index in [0.29, 0.717) is 50.4 Å². The summed E-state index contributed by atoms with van der Waals surface area (Å²) in [5.41, 5.74) is -0.867. The monoisotopic (exact) mass is 1230 g/mol. The van der Waals surface area contributed by atoms with Crippen molar-refractivity contribution >= 4 is 71.2 Å². The van der Waals surface area contributed by atoms with Crippen molar-refractivity contribution in [3.8, 4) is 0 Å². The van der Waals surface area contributed by atoms with E-state index in [2.05, 4.69) is 21.3 Å². The summed E-state index contributed by atoms with van der Waals surface area (Å²) < 4.78 is 23.4. The first-order chi connectivity index (χ1) is 40.4. The summed E-state index contributed by atoms with van der Waals surface area (Å²) in [7, 11) is 2.98. The Balaban J connectivity index is 0.950. The molecule has 0 spiro atoms. The van der Waals surface area contributed by atoms with E-state index in [-0.39, 0.29) is 47.6 Å². The smallest absolute Gasteiger partial charge is 0.410 e. The maximum Gasteiger partial charge on any atom is 0.410 e. The zero-order valence-electron chi connectivity index (χ0n) is 53.4. The van der Waals surface area contributed by atoms with Crippen LogP contribution < -0.4 is 21.3 Å². The molecule has 0 radical (unpaired) electrons. The SMILES string of the molecule is C[C@@H](C(=O)N[C@H]1CCS[C@H]2CC(C)(C)C(C(=O)N[C@H](COCCCCCCCCOC[C@@H](NC(=O)[C@H]3N4C(=O)[C@@H](NC(=O)[C@H](C)N(C)C(=O)OC(C)(C)C)CCS[C@H]4CC3(C)C)c3ccccc3)c3ccccc3)N2C1=O)N(C)C(=O)OC(C)(C)C. The Morgan fingerprint density at radius 1 is 0.570 bits per heavy atom. The molecule has 4 N–H and O–H groups in total. The van der Waals surface area contributed by atoms with Crippen LogP contribution in [0.4, 0.5) is 9.59 Å². The minimum absolute atomic E-state index is 0.241. The molecule has 1 unspecified atom stereocenters. The fraction of sp³-hybridized carbons (Fsp3) is 0.688. The number of carbonyl (C=O) groups is 8. The molecule has 0 bridgehead atoms. The average molecular weight is 1240 g/mol. The van der Waals surface area contributed by atoms with Crippen LogP contribution in [0.5, 0.6) is 0 Å². The third-order valence-corrected chi connectivity index (χ3v) is 18.9. The molecule has 0 aromatic heterocycles. The maximum atomic E-state index is 14.6. The number of hydrogen-bond donors (Lipinski definition) is 4. The molecular weight excluding hydrogens is 1140 g/mol. The van der Waals surface area contributed by atoms with Crippen molar-refractivity contribution < 1.29 is 57.3 Å². The highest BCUT2D eigenvalue weighted by atomic mass is 32.2. The Kier molecular flexibility index (Phi) is 24.7. The number of nitrogens with zero attached hydrogens (tertiary/aromatic N) is 4. The molecule has 8 amide bonds. The summed E-state index contributed by atoms with van der Waals surface area (Å²) in [6.45, 7) is 23.2. The van der Waals surface area contributed by atoms with E-state index in [0.717, 1.165) is 49.7 Å². The summed E-state index contributed by atoms with van der Waals surface area (Å²) in [5.74, 6) is -0.976. The van der Waals surface area contributed by atoms with Crippen molar-refractivity contribution in [3.63, 3.8) is 0 Å². The van der Waals surface area contributed by atoms with Crippen LogP contribution in [0.15, 0.2) is 60.7 Å². The van der Waals surface area contributed by atoms with Crippen molar-refractivity contribution in [1.29, 1.82) is 0 Å². The van der Waals surface area contributed by atoms with Gasteiger partial charge in [-0.15, -0.1) is 23.5 Å². The molecule has 2 aromatic carbocycles. The van der Waals surface area contributed by atoms with Gasteiger partial charge in [0.05, 0.1) is 36.0 Å². The van der Waals surface area contributed by atoms with Gasteiger partial charge in [-0.2, -0.15) is 0 Å². The third-order valence-electron chi connectivity index (χ3n) is 16.4. The number of nitrogens with one attached hydrogen (secondary N) is 4. The highest BCUT2D eigenvalue weighted by molar-refractivity contribution is 8.00. The van der Waals surface area contributed by atoms with Gasteiger partial charge in [0.1, 0.15) is 47.5 Å². The van der Waals surface area contributed by atoms with Crippen LogP contribution in [0.3, 0.4) is 0 Å². The first-order valence-corrected chi connectivity index (χ1v) is 32.8.